The first-order valence-electron chi connectivity index (χ1n) is 7.32. The zero-order chi connectivity index (χ0) is 14.4. The lowest BCUT2D eigenvalue weighted by atomic mass is 9.85. The van der Waals surface area contributed by atoms with Gasteiger partial charge in [-0.15, -0.1) is 0 Å². The molecule has 0 fully saturated rings. The van der Waals surface area contributed by atoms with Crippen molar-refractivity contribution in [3.63, 3.8) is 0 Å². The van der Waals surface area contributed by atoms with E-state index in [2.05, 4.69) is 28.7 Å². The highest BCUT2D eigenvalue weighted by Crippen LogP contribution is 2.34. The number of para-hydroxylation sites is 1. The van der Waals surface area contributed by atoms with Crippen molar-refractivity contribution in [3.8, 4) is 0 Å². The number of aromatic nitrogens is 3. The van der Waals surface area contributed by atoms with Crippen LogP contribution < -0.4 is 0 Å². The third kappa shape index (κ3) is 1.82. The van der Waals surface area contributed by atoms with Crippen molar-refractivity contribution in [3.05, 3.63) is 54.2 Å². The summed E-state index contributed by atoms with van der Waals surface area (Å²) in [6.07, 6.45) is 7.34. The van der Waals surface area contributed by atoms with Gasteiger partial charge in [-0.1, -0.05) is 18.2 Å². The maximum absolute atomic E-state index is 12.9. The Labute approximate surface area is 123 Å². The summed E-state index contributed by atoms with van der Waals surface area (Å²) in [5.41, 5.74) is 3.27. The first-order chi connectivity index (χ1) is 10.3. The van der Waals surface area contributed by atoms with Gasteiger partial charge in [-0.25, -0.2) is 4.98 Å². The van der Waals surface area contributed by atoms with Crippen LogP contribution in [-0.2, 0) is 20.0 Å². The van der Waals surface area contributed by atoms with Gasteiger partial charge in [-0.2, -0.15) is 0 Å². The van der Waals surface area contributed by atoms with Gasteiger partial charge in [0.2, 0.25) is 0 Å². The molecule has 2 aromatic heterocycles. The summed E-state index contributed by atoms with van der Waals surface area (Å²) in [4.78, 5) is 17.0. The Balaban J connectivity index is 1.79. The molecule has 4 heteroatoms. The van der Waals surface area contributed by atoms with E-state index in [1.54, 1.807) is 12.5 Å². The summed E-state index contributed by atoms with van der Waals surface area (Å²) in [5.74, 6) is 0.333. The van der Waals surface area contributed by atoms with Crippen LogP contribution >= 0.6 is 0 Å². The Morgan fingerprint density at radius 3 is 3.00 bits per heavy atom. The van der Waals surface area contributed by atoms with Crippen LogP contribution in [0.5, 0.6) is 0 Å². The number of hydrogen-bond acceptors (Lipinski definition) is 2. The lowest BCUT2D eigenvalue weighted by Crippen LogP contribution is -2.26. The molecule has 0 saturated carbocycles. The lowest BCUT2D eigenvalue weighted by molar-refractivity contribution is 0.0888. The number of nitrogens with zero attached hydrogens (tertiary/aromatic N) is 3. The third-order valence-corrected chi connectivity index (χ3v) is 4.57. The van der Waals surface area contributed by atoms with E-state index in [9.17, 15) is 4.79 Å². The molecule has 0 spiro atoms. The number of fused-ring (bicyclic) bond motifs is 3. The summed E-state index contributed by atoms with van der Waals surface area (Å²) in [5, 5.41) is 1.09. The molecule has 4 rings (SSSR count). The molecular weight excluding hydrogens is 262 g/mol. The minimum absolute atomic E-state index is 0.0532. The quantitative estimate of drug-likeness (QED) is 0.723. The number of imidazole rings is 1. The Morgan fingerprint density at radius 2 is 2.19 bits per heavy atom. The second-order valence-electron chi connectivity index (χ2n) is 5.76. The molecule has 0 radical (unpaired) electrons. The Bertz CT molecular complexity index is 814. The van der Waals surface area contributed by atoms with Crippen molar-refractivity contribution in [2.24, 2.45) is 13.0 Å². The third-order valence-electron chi connectivity index (χ3n) is 4.57. The van der Waals surface area contributed by atoms with Crippen LogP contribution in [0.1, 0.15) is 22.5 Å². The molecule has 106 valence electrons. The fourth-order valence-electron chi connectivity index (χ4n) is 3.48. The van der Waals surface area contributed by atoms with Crippen molar-refractivity contribution in [1.82, 2.24) is 14.1 Å². The maximum Gasteiger partial charge on any atom is 0.170 e. The highest BCUT2D eigenvalue weighted by molar-refractivity contribution is 6.11. The standard InChI is InChI=1S/C17H17N3O/c1-19-14-5-3-2-4-13(14)16-15(19)7-6-12(17(16)21)10-20-9-8-18-11-20/h2-5,8-9,11-12H,6-7,10H2,1H3/t12-/m0/s1. The molecule has 1 atom stereocenters. The van der Waals surface area contributed by atoms with E-state index < -0.39 is 0 Å². The van der Waals surface area contributed by atoms with Crippen molar-refractivity contribution in [1.29, 1.82) is 0 Å². The predicted molar refractivity (Wildman–Crippen MR) is 81.3 cm³/mol. The van der Waals surface area contributed by atoms with Gasteiger partial charge >= 0.3 is 0 Å². The van der Waals surface area contributed by atoms with Gasteiger partial charge in [0.1, 0.15) is 0 Å². The van der Waals surface area contributed by atoms with Crippen molar-refractivity contribution in [2.75, 3.05) is 0 Å². The van der Waals surface area contributed by atoms with E-state index in [-0.39, 0.29) is 11.7 Å². The summed E-state index contributed by atoms with van der Waals surface area (Å²) >= 11 is 0. The van der Waals surface area contributed by atoms with Crippen LogP contribution in [0.3, 0.4) is 0 Å². The topological polar surface area (TPSA) is 39.8 Å². The molecule has 0 bridgehead atoms. The molecule has 1 aromatic carbocycles. The zero-order valence-corrected chi connectivity index (χ0v) is 12.0. The van der Waals surface area contributed by atoms with Crippen molar-refractivity contribution < 1.29 is 4.79 Å². The van der Waals surface area contributed by atoms with E-state index in [4.69, 9.17) is 0 Å². The van der Waals surface area contributed by atoms with Gasteiger partial charge in [0.25, 0.3) is 0 Å². The molecule has 1 aliphatic rings. The molecule has 0 amide bonds. The lowest BCUT2D eigenvalue weighted by Gasteiger charge is -2.22. The van der Waals surface area contributed by atoms with Gasteiger partial charge in [-0.05, 0) is 18.9 Å². The minimum atomic E-state index is 0.0532. The molecule has 4 nitrogen and oxygen atoms in total. The highest BCUT2D eigenvalue weighted by Gasteiger charge is 2.31. The van der Waals surface area contributed by atoms with Gasteiger partial charge in [0.15, 0.2) is 5.78 Å². The van der Waals surface area contributed by atoms with Gasteiger partial charge in [0.05, 0.1) is 6.33 Å². The molecule has 0 saturated heterocycles. The van der Waals surface area contributed by atoms with E-state index in [0.29, 0.717) is 0 Å². The predicted octanol–water partition coefficient (Wildman–Crippen LogP) is 2.82. The van der Waals surface area contributed by atoms with Gasteiger partial charge < -0.3 is 9.13 Å². The zero-order valence-electron chi connectivity index (χ0n) is 12.0. The van der Waals surface area contributed by atoms with E-state index in [1.165, 1.54) is 5.69 Å². The van der Waals surface area contributed by atoms with E-state index in [0.717, 1.165) is 35.9 Å². The number of hydrogen-bond donors (Lipinski definition) is 0. The largest absolute Gasteiger partial charge is 0.347 e. The van der Waals surface area contributed by atoms with E-state index in [1.807, 2.05) is 22.9 Å². The van der Waals surface area contributed by atoms with Crippen molar-refractivity contribution in [2.45, 2.75) is 19.4 Å². The summed E-state index contributed by atoms with van der Waals surface area (Å²) in [6.45, 7) is 0.724. The normalized spacial score (nSPS) is 18.1. The van der Waals surface area contributed by atoms with Gasteiger partial charge in [0, 0.05) is 54.1 Å². The number of carbonyl (C=O) groups is 1. The number of benzene rings is 1. The van der Waals surface area contributed by atoms with Gasteiger partial charge in [-0.3, -0.25) is 4.79 Å². The SMILES string of the molecule is Cn1c2c(c3ccccc31)C(=O)[C@H](Cn1ccnc1)CC2. The summed E-state index contributed by atoms with van der Waals surface area (Å²) in [6, 6.07) is 8.19. The smallest absolute Gasteiger partial charge is 0.170 e. The Hall–Kier alpha value is -2.36. The van der Waals surface area contributed by atoms with Crippen LogP contribution in [0.15, 0.2) is 43.0 Å². The first kappa shape index (κ1) is 12.4. The fourth-order valence-corrected chi connectivity index (χ4v) is 3.48. The van der Waals surface area contributed by atoms with E-state index >= 15 is 0 Å². The molecular formula is C17H17N3O. The van der Waals surface area contributed by atoms with Crippen LogP contribution in [0.4, 0.5) is 0 Å². The number of carbonyl (C=O) groups excluding carboxylic acids is 1. The second kappa shape index (κ2) is 4.58. The number of aryl methyl sites for hydroxylation is 1. The number of Topliss-reactive ketones (excluding diaryl/α,β-unsaturated/α-hetero) is 1. The second-order valence-corrected chi connectivity index (χ2v) is 5.76. The monoisotopic (exact) mass is 279 g/mol. The minimum Gasteiger partial charge on any atom is -0.347 e. The average molecular weight is 279 g/mol. The summed E-state index contributed by atoms with van der Waals surface area (Å²) in [7, 11) is 2.06. The highest BCUT2D eigenvalue weighted by atomic mass is 16.1. The number of rotatable bonds is 2. The van der Waals surface area contributed by atoms with Crippen molar-refractivity contribution >= 4 is 16.7 Å². The molecule has 0 unspecified atom stereocenters. The van der Waals surface area contributed by atoms with Crippen LogP contribution in [0.25, 0.3) is 10.9 Å². The molecule has 21 heavy (non-hydrogen) atoms. The van der Waals surface area contributed by atoms with Crippen LogP contribution in [-0.4, -0.2) is 19.9 Å². The Morgan fingerprint density at radius 1 is 1.33 bits per heavy atom. The molecule has 0 N–H and O–H groups in total. The fraction of sp³-hybridized carbons (Fsp3) is 0.294. The number of ketones is 1. The molecule has 2 heterocycles. The Kier molecular flexibility index (Phi) is 2.70. The summed E-state index contributed by atoms with van der Waals surface area (Å²) < 4.78 is 4.18. The molecule has 1 aliphatic carbocycles. The van der Waals surface area contributed by atoms with Crippen LogP contribution in [0.2, 0.25) is 0 Å². The molecule has 3 aromatic rings. The average Bonchev–Trinajstić information content (AvgIpc) is 3.10. The first-order valence-corrected chi connectivity index (χ1v) is 7.32. The van der Waals surface area contributed by atoms with Crippen LogP contribution in [0, 0.1) is 5.92 Å². The molecule has 0 aliphatic heterocycles. The maximum atomic E-state index is 12.9.